The van der Waals surface area contributed by atoms with Gasteiger partial charge in [0.1, 0.15) is 0 Å². The van der Waals surface area contributed by atoms with Crippen LogP contribution in [0, 0.1) is 5.92 Å². The normalized spacial score (nSPS) is 12.6. The predicted octanol–water partition coefficient (Wildman–Crippen LogP) is 2.66. The summed E-state index contributed by atoms with van der Waals surface area (Å²) in [5, 5.41) is 11.6. The minimum absolute atomic E-state index is 0.697. The molecule has 0 aliphatic heterocycles. The van der Waals surface area contributed by atoms with E-state index in [-0.39, 0.29) is 0 Å². The lowest BCUT2D eigenvalue weighted by Gasteiger charge is -2.03. The number of hydrogen-bond donors (Lipinski definition) is 1. The van der Waals surface area contributed by atoms with Gasteiger partial charge in [-0.3, -0.25) is 0 Å². The molecule has 2 heteroatoms. The van der Waals surface area contributed by atoms with Crippen LogP contribution in [0.1, 0.15) is 40.0 Å². The molecular weight excluding hydrogens is 126 g/mol. The first kappa shape index (κ1) is 9.47. The molecule has 0 aliphatic rings. The second-order valence-corrected chi connectivity index (χ2v) is 2.95. The third-order valence-electron chi connectivity index (χ3n) is 1.56. The second kappa shape index (κ2) is 5.27. The molecule has 0 aromatic rings. The van der Waals surface area contributed by atoms with Crippen molar-refractivity contribution in [1.29, 1.82) is 0 Å². The molecule has 1 N–H and O–H groups in total. The van der Waals surface area contributed by atoms with E-state index >= 15 is 0 Å². The summed E-state index contributed by atoms with van der Waals surface area (Å²) in [5.74, 6) is 0.697. The molecule has 0 aliphatic carbocycles. The van der Waals surface area contributed by atoms with Crippen molar-refractivity contribution in [3.05, 3.63) is 0 Å². The Morgan fingerprint density at radius 3 is 2.40 bits per heavy atom. The first-order chi connectivity index (χ1) is 4.70. The standard InChI is InChI=1S/C8H17NO/c1-4-8(9-10)6-5-7(2)3/h7,10H,4-6H2,1-3H3/b9-8-. The van der Waals surface area contributed by atoms with Gasteiger partial charge in [-0.25, -0.2) is 0 Å². The lowest BCUT2D eigenvalue weighted by Crippen LogP contribution is -1.98. The fourth-order valence-corrected chi connectivity index (χ4v) is 0.753. The molecule has 0 saturated carbocycles. The van der Waals surface area contributed by atoms with Crippen molar-refractivity contribution in [2.24, 2.45) is 11.1 Å². The van der Waals surface area contributed by atoms with Gasteiger partial charge in [0, 0.05) is 0 Å². The molecule has 0 heterocycles. The van der Waals surface area contributed by atoms with E-state index in [1.165, 1.54) is 0 Å². The van der Waals surface area contributed by atoms with Crippen molar-refractivity contribution in [2.75, 3.05) is 0 Å². The molecule has 0 rings (SSSR count). The molecule has 0 unspecified atom stereocenters. The Balaban J connectivity index is 3.46. The highest BCUT2D eigenvalue weighted by atomic mass is 16.4. The smallest absolute Gasteiger partial charge is 0.0568 e. The van der Waals surface area contributed by atoms with E-state index in [0.29, 0.717) is 5.92 Å². The second-order valence-electron chi connectivity index (χ2n) is 2.95. The Hall–Kier alpha value is -0.530. The summed E-state index contributed by atoms with van der Waals surface area (Å²) in [6.07, 6.45) is 2.92. The van der Waals surface area contributed by atoms with E-state index in [0.717, 1.165) is 25.0 Å². The van der Waals surface area contributed by atoms with Gasteiger partial charge >= 0.3 is 0 Å². The Labute approximate surface area is 62.9 Å². The first-order valence-electron chi connectivity index (χ1n) is 3.90. The highest BCUT2D eigenvalue weighted by Gasteiger charge is 1.98. The Morgan fingerprint density at radius 2 is 2.10 bits per heavy atom. The zero-order chi connectivity index (χ0) is 7.98. The monoisotopic (exact) mass is 143 g/mol. The van der Waals surface area contributed by atoms with Crippen molar-refractivity contribution >= 4 is 5.71 Å². The van der Waals surface area contributed by atoms with Crippen LogP contribution in [-0.4, -0.2) is 10.9 Å². The maximum Gasteiger partial charge on any atom is 0.0568 e. The highest BCUT2D eigenvalue weighted by molar-refractivity contribution is 5.83. The molecule has 0 atom stereocenters. The zero-order valence-electron chi connectivity index (χ0n) is 7.09. The number of nitrogens with zero attached hydrogens (tertiary/aromatic N) is 1. The topological polar surface area (TPSA) is 32.6 Å². The van der Waals surface area contributed by atoms with Gasteiger partial charge < -0.3 is 5.21 Å². The van der Waals surface area contributed by atoms with E-state index < -0.39 is 0 Å². The van der Waals surface area contributed by atoms with Crippen LogP contribution in [0.15, 0.2) is 5.16 Å². The number of hydrogen-bond acceptors (Lipinski definition) is 2. The SMILES string of the molecule is CC/C(CCC(C)C)=N/O. The fraction of sp³-hybridized carbons (Fsp3) is 0.875. The quantitative estimate of drug-likeness (QED) is 0.366. The summed E-state index contributed by atoms with van der Waals surface area (Å²) in [6.45, 7) is 6.35. The lowest BCUT2D eigenvalue weighted by atomic mass is 10.0. The van der Waals surface area contributed by atoms with Gasteiger partial charge in [0.2, 0.25) is 0 Å². The van der Waals surface area contributed by atoms with Gasteiger partial charge in [0.25, 0.3) is 0 Å². The van der Waals surface area contributed by atoms with Gasteiger partial charge in [0.05, 0.1) is 5.71 Å². The van der Waals surface area contributed by atoms with Crippen molar-refractivity contribution in [3.63, 3.8) is 0 Å². The molecule has 0 radical (unpaired) electrons. The first-order valence-corrected chi connectivity index (χ1v) is 3.90. The summed E-state index contributed by atoms with van der Waals surface area (Å²) in [5.41, 5.74) is 0.911. The predicted molar refractivity (Wildman–Crippen MR) is 43.6 cm³/mol. The maximum atomic E-state index is 8.43. The third kappa shape index (κ3) is 4.36. The van der Waals surface area contributed by atoms with E-state index in [1.54, 1.807) is 0 Å². The van der Waals surface area contributed by atoms with Crippen molar-refractivity contribution in [3.8, 4) is 0 Å². The van der Waals surface area contributed by atoms with Crippen LogP contribution < -0.4 is 0 Å². The molecule has 0 amide bonds. The van der Waals surface area contributed by atoms with Gasteiger partial charge in [-0.1, -0.05) is 25.9 Å². The third-order valence-corrected chi connectivity index (χ3v) is 1.56. The number of oxime groups is 1. The molecule has 2 nitrogen and oxygen atoms in total. The molecule has 0 spiro atoms. The van der Waals surface area contributed by atoms with E-state index in [4.69, 9.17) is 5.21 Å². The summed E-state index contributed by atoms with van der Waals surface area (Å²) in [4.78, 5) is 0. The highest BCUT2D eigenvalue weighted by Crippen LogP contribution is 2.05. The average molecular weight is 143 g/mol. The molecule has 60 valence electrons. The average Bonchev–Trinajstić information content (AvgIpc) is 1.90. The van der Waals surface area contributed by atoms with Crippen LogP contribution in [0.3, 0.4) is 0 Å². The van der Waals surface area contributed by atoms with Crippen molar-refractivity contribution in [1.82, 2.24) is 0 Å². The van der Waals surface area contributed by atoms with Gasteiger partial charge in [-0.2, -0.15) is 0 Å². The molecule has 0 fully saturated rings. The van der Waals surface area contributed by atoms with Crippen LogP contribution >= 0.6 is 0 Å². The van der Waals surface area contributed by atoms with Crippen LogP contribution in [0.25, 0.3) is 0 Å². The minimum Gasteiger partial charge on any atom is -0.411 e. The summed E-state index contributed by atoms with van der Waals surface area (Å²) in [7, 11) is 0. The van der Waals surface area contributed by atoms with Crippen molar-refractivity contribution in [2.45, 2.75) is 40.0 Å². The molecule has 10 heavy (non-hydrogen) atoms. The largest absolute Gasteiger partial charge is 0.411 e. The van der Waals surface area contributed by atoms with Gasteiger partial charge in [0.15, 0.2) is 0 Å². The Bertz CT molecular complexity index is 108. The van der Waals surface area contributed by atoms with E-state index in [1.807, 2.05) is 6.92 Å². The summed E-state index contributed by atoms with van der Waals surface area (Å²) >= 11 is 0. The van der Waals surface area contributed by atoms with E-state index in [9.17, 15) is 0 Å². The van der Waals surface area contributed by atoms with Crippen molar-refractivity contribution < 1.29 is 5.21 Å². The maximum absolute atomic E-state index is 8.43. The summed E-state index contributed by atoms with van der Waals surface area (Å²) in [6, 6.07) is 0. The van der Waals surface area contributed by atoms with Crippen LogP contribution in [0.5, 0.6) is 0 Å². The summed E-state index contributed by atoms with van der Waals surface area (Å²) < 4.78 is 0. The number of rotatable bonds is 4. The van der Waals surface area contributed by atoms with Crippen LogP contribution in [0.2, 0.25) is 0 Å². The molecular formula is C8H17NO. The van der Waals surface area contributed by atoms with Gasteiger partial charge in [-0.15, -0.1) is 0 Å². The molecule has 0 aromatic carbocycles. The van der Waals surface area contributed by atoms with Crippen LogP contribution in [-0.2, 0) is 0 Å². The fourth-order valence-electron chi connectivity index (χ4n) is 0.753. The Morgan fingerprint density at radius 1 is 1.50 bits per heavy atom. The molecule has 0 saturated heterocycles. The molecule has 0 bridgehead atoms. The van der Waals surface area contributed by atoms with E-state index in [2.05, 4.69) is 19.0 Å². The Kier molecular flexibility index (Phi) is 4.99. The minimum atomic E-state index is 0.697. The lowest BCUT2D eigenvalue weighted by molar-refractivity contribution is 0.315. The van der Waals surface area contributed by atoms with Crippen LogP contribution in [0.4, 0.5) is 0 Å². The molecule has 0 aromatic heterocycles. The zero-order valence-corrected chi connectivity index (χ0v) is 7.09. The van der Waals surface area contributed by atoms with Gasteiger partial charge in [-0.05, 0) is 25.2 Å².